The lowest BCUT2D eigenvalue weighted by Crippen LogP contribution is -2.38. The van der Waals surface area contributed by atoms with Gasteiger partial charge < -0.3 is 10.6 Å². The highest BCUT2D eigenvalue weighted by Crippen LogP contribution is 2.17. The van der Waals surface area contributed by atoms with Crippen molar-refractivity contribution in [1.29, 1.82) is 0 Å². The zero-order valence-corrected chi connectivity index (χ0v) is 17.3. The predicted molar refractivity (Wildman–Crippen MR) is 113 cm³/mol. The van der Waals surface area contributed by atoms with Crippen molar-refractivity contribution < 1.29 is 0 Å². The quantitative estimate of drug-likeness (QED) is 0.510. The summed E-state index contributed by atoms with van der Waals surface area (Å²) < 4.78 is 3.77. The summed E-state index contributed by atoms with van der Waals surface area (Å²) in [7, 11) is 1.97. The van der Waals surface area contributed by atoms with Crippen LogP contribution in [0.2, 0.25) is 0 Å². The molecule has 3 aromatic rings. The van der Waals surface area contributed by atoms with Crippen LogP contribution in [-0.4, -0.2) is 32.1 Å². The number of aliphatic imine (C=N–C) groups is 1. The molecule has 0 aliphatic carbocycles. The average molecular weight is 380 g/mol. The van der Waals surface area contributed by atoms with Crippen molar-refractivity contribution in [3.05, 3.63) is 65.2 Å². The Morgan fingerprint density at radius 1 is 1.25 bits per heavy atom. The highest BCUT2D eigenvalue weighted by molar-refractivity contribution is 5.80. The molecule has 1 atom stereocenters. The molecule has 28 heavy (non-hydrogen) atoms. The Labute approximate surface area is 166 Å². The van der Waals surface area contributed by atoms with Gasteiger partial charge in [-0.25, -0.2) is 9.67 Å². The first-order chi connectivity index (χ1) is 13.5. The molecule has 148 valence electrons. The molecule has 0 bridgehead atoms. The van der Waals surface area contributed by atoms with Crippen LogP contribution in [0.1, 0.15) is 42.4 Å². The van der Waals surface area contributed by atoms with Gasteiger partial charge in [-0.2, -0.15) is 10.2 Å². The molecule has 0 saturated carbocycles. The second kappa shape index (κ2) is 8.73. The van der Waals surface area contributed by atoms with E-state index in [1.807, 2.05) is 35.6 Å². The maximum atomic E-state index is 4.78. The standard InChI is InChI=1S/C21H29N7/c1-6-22-21(23-14-20-16(3)26-27(5)17(20)4)25-15(2)18-9-7-10-19(13-18)28-12-8-11-24-28/h7-13,15H,6,14H2,1-5H3,(H2,22,23,25). The fourth-order valence-corrected chi connectivity index (χ4v) is 3.17. The third-order valence-electron chi connectivity index (χ3n) is 4.89. The third-order valence-corrected chi connectivity index (χ3v) is 4.89. The van der Waals surface area contributed by atoms with Gasteiger partial charge in [0.25, 0.3) is 0 Å². The maximum Gasteiger partial charge on any atom is 0.192 e. The molecule has 0 spiro atoms. The first-order valence-electron chi connectivity index (χ1n) is 9.63. The summed E-state index contributed by atoms with van der Waals surface area (Å²) in [5.41, 5.74) is 5.57. The number of hydrogen-bond acceptors (Lipinski definition) is 3. The SMILES string of the molecule is CCNC(=NCc1c(C)nn(C)c1C)NC(C)c1cccc(-n2cccn2)c1. The normalized spacial score (nSPS) is 12.8. The van der Waals surface area contributed by atoms with E-state index in [0.29, 0.717) is 6.54 Å². The molecule has 0 saturated heterocycles. The van der Waals surface area contributed by atoms with Gasteiger partial charge in [-0.1, -0.05) is 12.1 Å². The summed E-state index contributed by atoms with van der Waals surface area (Å²) in [6.07, 6.45) is 3.73. The monoisotopic (exact) mass is 379 g/mol. The van der Waals surface area contributed by atoms with Gasteiger partial charge in [0, 0.05) is 37.2 Å². The highest BCUT2D eigenvalue weighted by Gasteiger charge is 2.11. The molecule has 7 heteroatoms. The zero-order valence-electron chi connectivity index (χ0n) is 17.3. The Balaban J connectivity index is 1.75. The van der Waals surface area contributed by atoms with E-state index in [-0.39, 0.29) is 6.04 Å². The smallest absolute Gasteiger partial charge is 0.192 e. The van der Waals surface area contributed by atoms with Crippen molar-refractivity contribution in [3.8, 4) is 5.69 Å². The molecule has 3 rings (SSSR count). The van der Waals surface area contributed by atoms with Gasteiger partial charge in [-0.15, -0.1) is 0 Å². The molecule has 2 N–H and O–H groups in total. The van der Waals surface area contributed by atoms with Crippen LogP contribution in [0.4, 0.5) is 0 Å². The number of hydrogen-bond donors (Lipinski definition) is 2. The van der Waals surface area contributed by atoms with E-state index in [1.165, 1.54) is 11.1 Å². The molecule has 0 radical (unpaired) electrons. The van der Waals surface area contributed by atoms with Gasteiger partial charge in [0.2, 0.25) is 0 Å². The lowest BCUT2D eigenvalue weighted by atomic mass is 10.1. The van der Waals surface area contributed by atoms with Crippen LogP contribution in [0.5, 0.6) is 0 Å². The van der Waals surface area contributed by atoms with Crippen LogP contribution in [-0.2, 0) is 13.6 Å². The van der Waals surface area contributed by atoms with Crippen molar-refractivity contribution in [2.24, 2.45) is 12.0 Å². The molecule has 2 heterocycles. The minimum Gasteiger partial charge on any atom is -0.357 e. The number of benzene rings is 1. The van der Waals surface area contributed by atoms with Gasteiger partial charge in [0.1, 0.15) is 0 Å². The number of aromatic nitrogens is 4. The van der Waals surface area contributed by atoms with Crippen LogP contribution in [0.15, 0.2) is 47.7 Å². The molecule has 0 aliphatic rings. The summed E-state index contributed by atoms with van der Waals surface area (Å²) >= 11 is 0. The number of guanidine groups is 1. The van der Waals surface area contributed by atoms with Gasteiger partial charge >= 0.3 is 0 Å². The van der Waals surface area contributed by atoms with E-state index in [1.54, 1.807) is 6.20 Å². The summed E-state index contributed by atoms with van der Waals surface area (Å²) in [6.45, 7) is 9.71. The lowest BCUT2D eigenvalue weighted by molar-refractivity contribution is 0.684. The van der Waals surface area contributed by atoms with Gasteiger partial charge in [-0.05, 0) is 51.5 Å². The average Bonchev–Trinajstić information content (AvgIpc) is 3.30. The predicted octanol–water partition coefficient (Wildman–Crippen LogP) is 3.04. The molecule has 7 nitrogen and oxygen atoms in total. The van der Waals surface area contributed by atoms with E-state index >= 15 is 0 Å². The van der Waals surface area contributed by atoms with E-state index in [0.717, 1.165) is 29.6 Å². The Bertz CT molecular complexity index is 938. The number of nitrogens with one attached hydrogen (secondary N) is 2. The number of aryl methyl sites for hydroxylation is 2. The fraction of sp³-hybridized carbons (Fsp3) is 0.381. The second-order valence-corrected chi connectivity index (χ2v) is 6.88. The Morgan fingerprint density at radius 3 is 2.71 bits per heavy atom. The van der Waals surface area contributed by atoms with Crippen LogP contribution in [0.25, 0.3) is 5.69 Å². The second-order valence-electron chi connectivity index (χ2n) is 6.88. The van der Waals surface area contributed by atoms with Gasteiger partial charge in [0.15, 0.2) is 5.96 Å². The van der Waals surface area contributed by atoms with Crippen molar-refractivity contribution in [2.45, 2.75) is 40.3 Å². The minimum absolute atomic E-state index is 0.101. The van der Waals surface area contributed by atoms with E-state index in [9.17, 15) is 0 Å². The van der Waals surface area contributed by atoms with E-state index < -0.39 is 0 Å². The zero-order chi connectivity index (χ0) is 20.1. The first-order valence-corrected chi connectivity index (χ1v) is 9.63. The largest absolute Gasteiger partial charge is 0.357 e. The molecule has 1 aromatic carbocycles. The molecular weight excluding hydrogens is 350 g/mol. The van der Waals surface area contributed by atoms with Crippen molar-refractivity contribution in [3.63, 3.8) is 0 Å². The van der Waals surface area contributed by atoms with Crippen molar-refractivity contribution >= 4 is 5.96 Å². The van der Waals surface area contributed by atoms with Crippen LogP contribution in [0, 0.1) is 13.8 Å². The Hall–Kier alpha value is -3.09. The first kappa shape index (κ1) is 19.7. The molecule has 1 unspecified atom stereocenters. The van der Waals surface area contributed by atoms with E-state index in [2.05, 4.69) is 65.9 Å². The maximum absolute atomic E-state index is 4.78. The molecule has 2 aromatic heterocycles. The van der Waals surface area contributed by atoms with Gasteiger partial charge in [0.05, 0.1) is 24.0 Å². The Kier molecular flexibility index (Phi) is 6.13. The molecule has 0 fully saturated rings. The topological polar surface area (TPSA) is 72.1 Å². The summed E-state index contributed by atoms with van der Waals surface area (Å²) in [5.74, 6) is 0.794. The molecule has 0 amide bonds. The minimum atomic E-state index is 0.101. The third kappa shape index (κ3) is 4.42. The number of rotatable bonds is 6. The summed E-state index contributed by atoms with van der Waals surface area (Å²) in [5, 5.41) is 15.6. The Morgan fingerprint density at radius 2 is 2.07 bits per heavy atom. The molecule has 0 aliphatic heterocycles. The number of nitrogens with zero attached hydrogens (tertiary/aromatic N) is 5. The van der Waals surface area contributed by atoms with Crippen LogP contribution < -0.4 is 10.6 Å². The lowest BCUT2D eigenvalue weighted by Gasteiger charge is -2.19. The molecular formula is C21H29N7. The fourth-order valence-electron chi connectivity index (χ4n) is 3.17. The van der Waals surface area contributed by atoms with Crippen molar-refractivity contribution in [1.82, 2.24) is 30.2 Å². The van der Waals surface area contributed by atoms with E-state index in [4.69, 9.17) is 4.99 Å². The van der Waals surface area contributed by atoms with Crippen molar-refractivity contribution in [2.75, 3.05) is 6.54 Å². The van der Waals surface area contributed by atoms with Crippen LogP contribution in [0.3, 0.4) is 0 Å². The summed E-state index contributed by atoms with van der Waals surface area (Å²) in [6, 6.07) is 10.4. The van der Waals surface area contributed by atoms with Gasteiger partial charge in [-0.3, -0.25) is 4.68 Å². The highest BCUT2D eigenvalue weighted by atomic mass is 15.3. The van der Waals surface area contributed by atoms with Crippen LogP contribution >= 0.6 is 0 Å². The summed E-state index contributed by atoms with van der Waals surface area (Å²) in [4.78, 5) is 4.78.